The van der Waals surface area contributed by atoms with Crippen molar-refractivity contribution in [1.82, 2.24) is 8.58 Å². The van der Waals surface area contributed by atoms with Gasteiger partial charge in [0.05, 0.1) is 27.1 Å². The zero-order chi connectivity index (χ0) is 12.5. The van der Waals surface area contributed by atoms with Gasteiger partial charge in [0.25, 0.3) is 5.56 Å². The average Bonchev–Trinajstić information content (AvgIpc) is 2.44. The Morgan fingerprint density at radius 2 is 1.61 bits per heavy atom. The number of para-hydroxylation sites is 1. The molecule has 3 rings (SSSR count). The van der Waals surface area contributed by atoms with Crippen molar-refractivity contribution in [3.8, 4) is 11.4 Å². The first kappa shape index (κ1) is 11.2. The number of nitrogens with zero attached hydrogens (tertiary/aromatic N) is 2. The van der Waals surface area contributed by atoms with E-state index in [-0.39, 0.29) is 5.56 Å². The van der Waals surface area contributed by atoms with Crippen LogP contribution in [0.5, 0.6) is 0 Å². The van der Waals surface area contributed by atoms with Crippen molar-refractivity contribution < 1.29 is 0 Å². The minimum atomic E-state index is -0.0977. The van der Waals surface area contributed by atoms with E-state index >= 15 is 0 Å². The molecule has 0 atom stereocenters. The van der Waals surface area contributed by atoms with E-state index in [2.05, 4.69) is 21.1 Å². The van der Waals surface area contributed by atoms with Gasteiger partial charge >= 0.3 is 0 Å². The standard InChI is InChI=1S/C14H9BrN2O/c15-17-13(10-6-2-1-3-7-10)16-12-9-5-4-8-11(12)14(17)18/h1-9H. The summed E-state index contributed by atoms with van der Waals surface area (Å²) in [5.41, 5.74) is 1.51. The van der Waals surface area contributed by atoms with Crippen molar-refractivity contribution >= 4 is 27.1 Å². The highest BCUT2D eigenvalue weighted by atomic mass is 79.9. The summed E-state index contributed by atoms with van der Waals surface area (Å²) in [7, 11) is 0. The minimum absolute atomic E-state index is 0.0977. The fourth-order valence-electron chi connectivity index (χ4n) is 1.88. The molecule has 1 aromatic heterocycles. The molecule has 0 radical (unpaired) electrons. The molecule has 88 valence electrons. The minimum Gasteiger partial charge on any atom is -0.268 e. The van der Waals surface area contributed by atoms with Gasteiger partial charge in [0, 0.05) is 5.56 Å². The van der Waals surface area contributed by atoms with E-state index in [1.807, 2.05) is 48.5 Å². The maximum atomic E-state index is 12.2. The molecule has 0 aliphatic carbocycles. The lowest BCUT2D eigenvalue weighted by atomic mass is 10.2. The summed E-state index contributed by atoms with van der Waals surface area (Å²) in [5, 5.41) is 0.606. The maximum absolute atomic E-state index is 12.2. The summed E-state index contributed by atoms with van der Waals surface area (Å²) in [6, 6.07) is 17.0. The van der Waals surface area contributed by atoms with Crippen LogP contribution in [0.4, 0.5) is 0 Å². The second kappa shape index (κ2) is 4.38. The van der Waals surface area contributed by atoms with Crippen molar-refractivity contribution in [2.45, 2.75) is 0 Å². The molecule has 0 saturated heterocycles. The molecular weight excluding hydrogens is 292 g/mol. The Labute approximate surface area is 112 Å². The molecule has 0 N–H and O–H groups in total. The van der Waals surface area contributed by atoms with Gasteiger partial charge in [-0.15, -0.1) is 0 Å². The normalized spacial score (nSPS) is 10.7. The van der Waals surface area contributed by atoms with Crippen molar-refractivity contribution in [3.63, 3.8) is 0 Å². The third-order valence-corrected chi connectivity index (χ3v) is 3.42. The first-order valence-corrected chi connectivity index (χ1v) is 6.21. The predicted molar refractivity (Wildman–Crippen MR) is 75.8 cm³/mol. The third kappa shape index (κ3) is 1.75. The molecule has 0 fully saturated rings. The first-order chi connectivity index (χ1) is 8.77. The van der Waals surface area contributed by atoms with Crippen LogP contribution in [0.1, 0.15) is 0 Å². The average molecular weight is 301 g/mol. The molecule has 4 heteroatoms. The Bertz CT molecular complexity index is 766. The second-order valence-corrected chi connectivity index (χ2v) is 4.61. The molecule has 0 aliphatic heterocycles. The third-order valence-electron chi connectivity index (χ3n) is 2.76. The van der Waals surface area contributed by atoms with Crippen molar-refractivity contribution in [3.05, 3.63) is 65.0 Å². The lowest BCUT2D eigenvalue weighted by molar-refractivity contribution is 1.13. The van der Waals surface area contributed by atoms with E-state index in [0.717, 1.165) is 5.56 Å². The topological polar surface area (TPSA) is 34.9 Å². The zero-order valence-corrected chi connectivity index (χ0v) is 11.0. The number of hydrogen-bond acceptors (Lipinski definition) is 2. The Morgan fingerprint density at radius 1 is 0.944 bits per heavy atom. The lowest BCUT2D eigenvalue weighted by Gasteiger charge is -2.07. The van der Waals surface area contributed by atoms with E-state index < -0.39 is 0 Å². The summed E-state index contributed by atoms with van der Waals surface area (Å²) in [5.74, 6) is 0.610. The molecule has 2 aromatic carbocycles. The molecule has 0 unspecified atom stereocenters. The summed E-state index contributed by atoms with van der Waals surface area (Å²) in [6.07, 6.45) is 0. The summed E-state index contributed by atoms with van der Waals surface area (Å²) in [6.45, 7) is 0. The van der Waals surface area contributed by atoms with E-state index in [0.29, 0.717) is 16.7 Å². The van der Waals surface area contributed by atoms with E-state index in [9.17, 15) is 4.79 Å². The maximum Gasteiger partial charge on any atom is 0.271 e. The summed E-state index contributed by atoms with van der Waals surface area (Å²) >= 11 is 3.28. The largest absolute Gasteiger partial charge is 0.271 e. The number of aromatic nitrogens is 2. The molecule has 0 spiro atoms. The number of halogens is 1. The van der Waals surface area contributed by atoms with Gasteiger partial charge in [-0.2, -0.15) is 0 Å². The summed E-state index contributed by atoms with van der Waals surface area (Å²) < 4.78 is 1.41. The smallest absolute Gasteiger partial charge is 0.268 e. The van der Waals surface area contributed by atoms with E-state index in [1.54, 1.807) is 6.07 Å². The van der Waals surface area contributed by atoms with Crippen LogP contribution < -0.4 is 5.56 Å². The second-order valence-electron chi connectivity index (χ2n) is 3.90. The molecular formula is C14H9BrN2O. The van der Waals surface area contributed by atoms with Gasteiger partial charge in [0.15, 0.2) is 5.82 Å². The lowest BCUT2D eigenvalue weighted by Crippen LogP contribution is -2.16. The van der Waals surface area contributed by atoms with Crippen LogP contribution in [0.15, 0.2) is 59.4 Å². The van der Waals surface area contributed by atoms with Gasteiger partial charge in [0.2, 0.25) is 0 Å². The number of benzene rings is 2. The van der Waals surface area contributed by atoms with Crippen LogP contribution in [-0.4, -0.2) is 8.58 Å². The highest BCUT2D eigenvalue weighted by molar-refractivity contribution is 9.08. The highest BCUT2D eigenvalue weighted by Crippen LogP contribution is 2.19. The van der Waals surface area contributed by atoms with Crippen LogP contribution in [0, 0.1) is 0 Å². The predicted octanol–water partition coefficient (Wildman–Crippen LogP) is 3.22. The monoisotopic (exact) mass is 300 g/mol. The van der Waals surface area contributed by atoms with Crippen LogP contribution in [0.2, 0.25) is 0 Å². The Kier molecular flexibility index (Phi) is 2.72. The quantitative estimate of drug-likeness (QED) is 0.691. The Morgan fingerprint density at radius 3 is 2.39 bits per heavy atom. The van der Waals surface area contributed by atoms with Crippen molar-refractivity contribution in [2.24, 2.45) is 0 Å². The number of rotatable bonds is 1. The van der Waals surface area contributed by atoms with Gasteiger partial charge in [-0.05, 0) is 12.1 Å². The van der Waals surface area contributed by atoms with Crippen LogP contribution >= 0.6 is 16.1 Å². The summed E-state index contributed by atoms with van der Waals surface area (Å²) in [4.78, 5) is 16.7. The van der Waals surface area contributed by atoms with E-state index in [1.165, 1.54) is 3.59 Å². The molecule has 0 saturated carbocycles. The number of fused-ring (bicyclic) bond motifs is 1. The fraction of sp³-hybridized carbons (Fsp3) is 0. The SMILES string of the molecule is O=c1c2ccccc2nc(-c2ccccc2)n1Br. The van der Waals surface area contributed by atoms with Crippen LogP contribution in [0.3, 0.4) is 0 Å². The van der Waals surface area contributed by atoms with E-state index in [4.69, 9.17) is 0 Å². The Hall–Kier alpha value is -1.94. The van der Waals surface area contributed by atoms with Crippen molar-refractivity contribution in [1.29, 1.82) is 0 Å². The molecule has 0 amide bonds. The van der Waals surface area contributed by atoms with Crippen LogP contribution in [0.25, 0.3) is 22.3 Å². The van der Waals surface area contributed by atoms with Crippen LogP contribution in [-0.2, 0) is 0 Å². The fourth-order valence-corrected chi connectivity index (χ4v) is 2.35. The van der Waals surface area contributed by atoms with Gasteiger partial charge < -0.3 is 0 Å². The molecule has 3 nitrogen and oxygen atoms in total. The Balaban J connectivity index is 2.38. The van der Waals surface area contributed by atoms with Crippen molar-refractivity contribution in [2.75, 3.05) is 0 Å². The molecule has 3 aromatic rings. The van der Waals surface area contributed by atoms with Gasteiger partial charge in [-0.1, -0.05) is 42.5 Å². The molecule has 0 aliphatic rings. The highest BCUT2D eigenvalue weighted by Gasteiger charge is 2.09. The van der Waals surface area contributed by atoms with Gasteiger partial charge in [-0.3, -0.25) is 4.79 Å². The first-order valence-electron chi connectivity index (χ1n) is 5.51. The molecule has 18 heavy (non-hydrogen) atoms. The van der Waals surface area contributed by atoms with Gasteiger partial charge in [-0.25, -0.2) is 8.58 Å². The zero-order valence-electron chi connectivity index (χ0n) is 9.38. The molecule has 1 heterocycles. The van der Waals surface area contributed by atoms with Gasteiger partial charge in [0.1, 0.15) is 0 Å². The number of hydrogen-bond donors (Lipinski definition) is 0. The molecule has 0 bridgehead atoms.